The maximum absolute atomic E-state index is 12.3. The van der Waals surface area contributed by atoms with E-state index in [1.165, 1.54) is 24.3 Å². The van der Waals surface area contributed by atoms with Crippen molar-refractivity contribution >= 4 is 40.8 Å². The zero-order valence-corrected chi connectivity index (χ0v) is 16.8. The van der Waals surface area contributed by atoms with E-state index in [0.717, 1.165) is 5.69 Å². The number of amides is 2. The van der Waals surface area contributed by atoms with Crippen LogP contribution in [0.3, 0.4) is 0 Å². The SMILES string of the molecule is O=C(NCCNc1ccc(Nc2ccncc2)nn1)Nc1ccc(SC(F)(F)F)cc1. The molecule has 3 aromatic rings. The summed E-state index contributed by atoms with van der Waals surface area (Å²) in [5.74, 6) is 1.12. The molecule has 0 spiro atoms. The van der Waals surface area contributed by atoms with Crippen LogP contribution in [0.2, 0.25) is 0 Å². The molecule has 2 amide bonds. The first kappa shape index (κ1) is 22.2. The maximum Gasteiger partial charge on any atom is 0.446 e. The fourth-order valence-corrected chi connectivity index (χ4v) is 2.90. The average Bonchev–Trinajstić information content (AvgIpc) is 2.73. The van der Waals surface area contributed by atoms with Gasteiger partial charge in [0.05, 0.1) is 0 Å². The maximum atomic E-state index is 12.3. The zero-order valence-electron chi connectivity index (χ0n) is 16.0. The highest BCUT2D eigenvalue weighted by Gasteiger charge is 2.29. The lowest BCUT2D eigenvalue weighted by atomic mass is 10.3. The summed E-state index contributed by atoms with van der Waals surface area (Å²) in [6, 6.07) is 12.0. The Morgan fingerprint density at radius 2 is 1.55 bits per heavy atom. The lowest BCUT2D eigenvalue weighted by Gasteiger charge is -2.10. The second kappa shape index (κ2) is 10.5. The van der Waals surface area contributed by atoms with Gasteiger partial charge in [0.25, 0.3) is 0 Å². The zero-order chi connectivity index (χ0) is 22.1. The number of benzene rings is 1. The third-order valence-corrected chi connectivity index (χ3v) is 4.42. The number of aromatic nitrogens is 3. The number of carbonyl (C=O) groups excluding carboxylic acids is 1. The van der Waals surface area contributed by atoms with Gasteiger partial charge in [-0.2, -0.15) is 13.2 Å². The fourth-order valence-electron chi connectivity index (χ4n) is 2.36. The van der Waals surface area contributed by atoms with Crippen molar-refractivity contribution in [1.29, 1.82) is 0 Å². The van der Waals surface area contributed by atoms with Crippen molar-refractivity contribution in [3.63, 3.8) is 0 Å². The van der Waals surface area contributed by atoms with Crippen molar-refractivity contribution in [2.24, 2.45) is 0 Å². The van der Waals surface area contributed by atoms with E-state index in [1.54, 1.807) is 36.7 Å². The molecule has 3 rings (SSSR count). The molecule has 4 N–H and O–H groups in total. The molecular weight excluding hydrogens is 431 g/mol. The van der Waals surface area contributed by atoms with Gasteiger partial charge in [-0.15, -0.1) is 10.2 Å². The number of rotatable bonds is 8. The monoisotopic (exact) mass is 449 g/mol. The highest BCUT2D eigenvalue weighted by atomic mass is 32.2. The molecule has 0 aliphatic rings. The van der Waals surface area contributed by atoms with Gasteiger partial charge in [-0.1, -0.05) is 0 Å². The van der Waals surface area contributed by atoms with Crippen LogP contribution >= 0.6 is 11.8 Å². The van der Waals surface area contributed by atoms with Crippen LogP contribution in [0.1, 0.15) is 0 Å². The molecule has 0 fully saturated rings. The van der Waals surface area contributed by atoms with E-state index in [2.05, 4.69) is 36.4 Å². The van der Waals surface area contributed by atoms with Crippen molar-refractivity contribution in [3.8, 4) is 0 Å². The Morgan fingerprint density at radius 3 is 2.19 bits per heavy atom. The smallest absolute Gasteiger partial charge is 0.367 e. The lowest BCUT2D eigenvalue weighted by Crippen LogP contribution is -2.32. The van der Waals surface area contributed by atoms with Crippen LogP contribution in [0.25, 0.3) is 0 Å². The molecule has 0 saturated carbocycles. The number of carbonyl (C=O) groups is 1. The Balaban J connectivity index is 1.36. The molecule has 0 radical (unpaired) electrons. The Kier molecular flexibility index (Phi) is 7.49. The summed E-state index contributed by atoms with van der Waals surface area (Å²) in [6.45, 7) is 0.701. The molecule has 0 atom stereocenters. The van der Waals surface area contributed by atoms with Crippen molar-refractivity contribution in [1.82, 2.24) is 20.5 Å². The molecule has 2 aromatic heterocycles. The molecule has 162 valence electrons. The van der Waals surface area contributed by atoms with Gasteiger partial charge in [-0.25, -0.2) is 4.79 Å². The number of alkyl halides is 3. The molecule has 2 heterocycles. The molecule has 0 bridgehead atoms. The van der Waals surface area contributed by atoms with Gasteiger partial charge in [-0.05, 0) is 60.3 Å². The van der Waals surface area contributed by atoms with Crippen molar-refractivity contribution in [2.75, 3.05) is 29.0 Å². The van der Waals surface area contributed by atoms with Crippen LogP contribution in [0.15, 0.2) is 65.8 Å². The van der Waals surface area contributed by atoms with Gasteiger partial charge in [0.15, 0.2) is 5.82 Å². The topological polar surface area (TPSA) is 104 Å². The van der Waals surface area contributed by atoms with E-state index in [-0.39, 0.29) is 16.7 Å². The Hall–Kier alpha value is -3.54. The fraction of sp³-hybridized carbons (Fsp3) is 0.158. The Labute approximate surface area is 180 Å². The largest absolute Gasteiger partial charge is 0.446 e. The molecule has 1 aromatic carbocycles. The first-order valence-corrected chi connectivity index (χ1v) is 9.84. The number of thioether (sulfide) groups is 1. The van der Waals surface area contributed by atoms with Crippen molar-refractivity contribution in [2.45, 2.75) is 10.4 Å². The first-order chi connectivity index (χ1) is 14.9. The van der Waals surface area contributed by atoms with Gasteiger partial charge in [0.2, 0.25) is 0 Å². The minimum absolute atomic E-state index is 0.0470. The third kappa shape index (κ3) is 8.01. The number of nitrogens with zero attached hydrogens (tertiary/aromatic N) is 3. The first-order valence-electron chi connectivity index (χ1n) is 9.03. The number of hydrogen-bond donors (Lipinski definition) is 4. The summed E-state index contributed by atoms with van der Waals surface area (Å²) in [4.78, 5) is 15.9. The van der Waals surface area contributed by atoms with Gasteiger partial charge < -0.3 is 21.3 Å². The molecule has 12 heteroatoms. The number of anilines is 4. The van der Waals surface area contributed by atoms with Crippen LogP contribution in [-0.4, -0.2) is 39.8 Å². The second-order valence-corrected chi connectivity index (χ2v) is 7.18. The predicted octanol–water partition coefficient (Wildman–Crippen LogP) is 4.46. The number of pyridine rings is 1. The normalized spacial score (nSPS) is 10.9. The third-order valence-electron chi connectivity index (χ3n) is 3.68. The molecule has 0 aliphatic heterocycles. The highest BCUT2D eigenvalue weighted by molar-refractivity contribution is 8.00. The van der Waals surface area contributed by atoms with Crippen LogP contribution in [0.5, 0.6) is 0 Å². The van der Waals surface area contributed by atoms with Crippen molar-refractivity contribution in [3.05, 3.63) is 60.9 Å². The van der Waals surface area contributed by atoms with Crippen molar-refractivity contribution < 1.29 is 18.0 Å². The number of halogens is 3. The summed E-state index contributed by atoms with van der Waals surface area (Å²) in [7, 11) is 0. The minimum atomic E-state index is -4.35. The minimum Gasteiger partial charge on any atom is -0.367 e. The summed E-state index contributed by atoms with van der Waals surface area (Å²) >= 11 is -0.210. The van der Waals surface area contributed by atoms with E-state index < -0.39 is 11.5 Å². The van der Waals surface area contributed by atoms with E-state index in [1.807, 2.05) is 0 Å². The van der Waals surface area contributed by atoms with Gasteiger partial charge in [0, 0.05) is 41.8 Å². The predicted molar refractivity (Wildman–Crippen MR) is 113 cm³/mol. The van der Waals surface area contributed by atoms with Gasteiger partial charge in [-0.3, -0.25) is 4.98 Å². The van der Waals surface area contributed by atoms with E-state index in [4.69, 9.17) is 0 Å². The summed E-state index contributed by atoms with van der Waals surface area (Å²) < 4.78 is 37.0. The van der Waals surface area contributed by atoms with Crippen LogP contribution < -0.4 is 21.3 Å². The number of hydrogen-bond acceptors (Lipinski definition) is 7. The molecule has 8 nitrogen and oxygen atoms in total. The van der Waals surface area contributed by atoms with E-state index >= 15 is 0 Å². The van der Waals surface area contributed by atoms with E-state index in [9.17, 15) is 18.0 Å². The molecule has 31 heavy (non-hydrogen) atoms. The summed E-state index contributed by atoms with van der Waals surface area (Å²) in [6.07, 6.45) is 3.33. The lowest BCUT2D eigenvalue weighted by molar-refractivity contribution is -0.0328. The van der Waals surface area contributed by atoms with Crippen LogP contribution in [-0.2, 0) is 0 Å². The Bertz CT molecular complexity index is 971. The second-order valence-electron chi connectivity index (χ2n) is 6.04. The molecule has 0 saturated heterocycles. The molecule has 0 aliphatic carbocycles. The highest BCUT2D eigenvalue weighted by Crippen LogP contribution is 2.37. The summed E-state index contributed by atoms with van der Waals surface area (Å²) in [5, 5.41) is 19.4. The van der Waals surface area contributed by atoms with Gasteiger partial charge >= 0.3 is 11.5 Å². The number of urea groups is 1. The standard InChI is InChI=1S/C19H18F3N7OS/c20-19(21,22)31-15-3-1-13(2-4-15)27-18(30)25-12-11-24-16-5-6-17(29-28-16)26-14-7-9-23-10-8-14/h1-10H,11-12H2,(H,24,28)(H,23,26,29)(H2,25,27,30). The average molecular weight is 449 g/mol. The van der Waals surface area contributed by atoms with Gasteiger partial charge in [0.1, 0.15) is 5.82 Å². The Morgan fingerprint density at radius 1 is 0.871 bits per heavy atom. The quantitative estimate of drug-likeness (QED) is 0.297. The van der Waals surface area contributed by atoms with E-state index in [0.29, 0.717) is 30.4 Å². The number of nitrogens with one attached hydrogen (secondary N) is 4. The summed E-state index contributed by atoms with van der Waals surface area (Å²) in [5.41, 5.74) is -3.12. The molecular formula is C19H18F3N7OS. The van der Waals surface area contributed by atoms with Crippen LogP contribution in [0.4, 0.5) is 41.0 Å². The molecule has 0 unspecified atom stereocenters. The van der Waals surface area contributed by atoms with Crippen LogP contribution in [0, 0.1) is 0 Å².